The largest absolute Gasteiger partial charge is 0.493 e. The van der Waals surface area contributed by atoms with Crippen molar-refractivity contribution in [3.8, 4) is 11.5 Å². The zero-order valence-corrected chi connectivity index (χ0v) is 24.2. The standard InChI is InChI=1S/C27H28BrN3O7S/c1-4-37-23(32)16-38-24-20(28)12-17(13-21(24)35-3)14-22-26(34)30(2)27(39-22)29-19-7-5-6-18(15-19)25(33)31-8-10-36-11-9-31/h5-7,12-15H,4,8-11,16H2,1-3H3/b22-14+,29-27?. The van der Waals surface area contributed by atoms with E-state index in [1.165, 1.54) is 23.8 Å². The van der Waals surface area contributed by atoms with E-state index in [1.54, 1.807) is 61.3 Å². The first-order valence-electron chi connectivity index (χ1n) is 12.2. The van der Waals surface area contributed by atoms with Crippen LogP contribution in [0.25, 0.3) is 6.08 Å². The molecule has 0 spiro atoms. The number of morpholine rings is 1. The molecule has 2 saturated heterocycles. The van der Waals surface area contributed by atoms with Crippen LogP contribution in [0.2, 0.25) is 0 Å². The number of hydrogen-bond acceptors (Lipinski definition) is 9. The molecular formula is C27H28BrN3O7S. The van der Waals surface area contributed by atoms with Gasteiger partial charge in [0, 0.05) is 25.7 Å². The first kappa shape index (κ1) is 28.7. The number of carbonyl (C=O) groups excluding carboxylic acids is 3. The lowest BCUT2D eigenvalue weighted by molar-refractivity contribution is -0.145. The van der Waals surface area contributed by atoms with Gasteiger partial charge in [-0.25, -0.2) is 9.79 Å². The summed E-state index contributed by atoms with van der Waals surface area (Å²) >= 11 is 4.69. The van der Waals surface area contributed by atoms with Crippen molar-refractivity contribution in [2.75, 3.05) is 53.7 Å². The predicted octanol–water partition coefficient (Wildman–Crippen LogP) is 4.11. The number of benzene rings is 2. The van der Waals surface area contributed by atoms with Gasteiger partial charge in [0.15, 0.2) is 23.3 Å². The van der Waals surface area contributed by atoms with E-state index in [-0.39, 0.29) is 25.0 Å². The lowest BCUT2D eigenvalue weighted by atomic mass is 10.1. The minimum Gasteiger partial charge on any atom is -0.493 e. The Morgan fingerprint density at radius 2 is 1.97 bits per heavy atom. The predicted molar refractivity (Wildman–Crippen MR) is 151 cm³/mol. The second-order valence-corrected chi connectivity index (χ2v) is 10.3. The van der Waals surface area contributed by atoms with Crippen molar-refractivity contribution < 1.29 is 33.3 Å². The molecule has 0 aliphatic carbocycles. The van der Waals surface area contributed by atoms with Crippen LogP contribution in [0.5, 0.6) is 11.5 Å². The average Bonchev–Trinajstić information content (AvgIpc) is 3.20. The Morgan fingerprint density at radius 3 is 2.69 bits per heavy atom. The number of halogens is 1. The monoisotopic (exact) mass is 617 g/mol. The van der Waals surface area contributed by atoms with Crippen molar-refractivity contribution in [1.82, 2.24) is 9.80 Å². The number of thioether (sulfide) groups is 1. The van der Waals surface area contributed by atoms with Gasteiger partial charge in [-0.1, -0.05) is 6.07 Å². The molecule has 0 aromatic heterocycles. The lowest BCUT2D eigenvalue weighted by Crippen LogP contribution is -2.40. The number of rotatable bonds is 8. The van der Waals surface area contributed by atoms with Crippen molar-refractivity contribution in [3.05, 3.63) is 56.9 Å². The van der Waals surface area contributed by atoms with Crippen molar-refractivity contribution in [2.45, 2.75) is 6.92 Å². The molecule has 0 unspecified atom stereocenters. The molecule has 0 N–H and O–H groups in total. The average molecular weight is 619 g/mol. The molecule has 2 amide bonds. The fraction of sp³-hybridized carbons (Fsp3) is 0.333. The van der Waals surface area contributed by atoms with E-state index in [0.29, 0.717) is 69.2 Å². The normalized spacial score (nSPS) is 17.6. The zero-order chi connectivity index (χ0) is 27.9. The molecule has 2 fully saturated rings. The van der Waals surface area contributed by atoms with Crippen LogP contribution in [-0.4, -0.2) is 86.4 Å². The molecule has 4 rings (SSSR count). The SMILES string of the molecule is CCOC(=O)COc1c(Br)cc(/C=C2/SC(=Nc3cccc(C(=O)N4CCOCC4)c3)N(C)C2=O)cc1OC. The number of nitrogens with zero attached hydrogens (tertiary/aromatic N) is 3. The Labute approximate surface area is 239 Å². The van der Waals surface area contributed by atoms with Crippen molar-refractivity contribution in [1.29, 1.82) is 0 Å². The number of amides is 2. The smallest absolute Gasteiger partial charge is 0.344 e. The van der Waals surface area contributed by atoms with Crippen LogP contribution >= 0.6 is 27.7 Å². The maximum absolute atomic E-state index is 13.0. The van der Waals surface area contributed by atoms with Gasteiger partial charge in [-0.05, 0) is 76.6 Å². The van der Waals surface area contributed by atoms with Gasteiger partial charge in [-0.3, -0.25) is 14.5 Å². The van der Waals surface area contributed by atoms with E-state index in [4.69, 9.17) is 18.9 Å². The molecule has 2 aliphatic heterocycles. The summed E-state index contributed by atoms with van der Waals surface area (Å²) in [6.07, 6.45) is 1.73. The third-order valence-electron chi connectivity index (χ3n) is 5.81. The van der Waals surface area contributed by atoms with Crippen LogP contribution in [0.4, 0.5) is 5.69 Å². The number of methoxy groups -OCH3 is 1. The Morgan fingerprint density at radius 1 is 1.21 bits per heavy atom. The Bertz CT molecular complexity index is 1320. The summed E-state index contributed by atoms with van der Waals surface area (Å²) in [6, 6.07) is 10.5. The van der Waals surface area contributed by atoms with Gasteiger partial charge in [0.25, 0.3) is 11.8 Å². The van der Waals surface area contributed by atoms with E-state index >= 15 is 0 Å². The van der Waals surface area contributed by atoms with Crippen molar-refractivity contribution in [3.63, 3.8) is 0 Å². The second-order valence-electron chi connectivity index (χ2n) is 8.45. The van der Waals surface area contributed by atoms with Crippen LogP contribution in [0.1, 0.15) is 22.8 Å². The maximum atomic E-state index is 13.0. The molecular weight excluding hydrogens is 590 g/mol. The summed E-state index contributed by atoms with van der Waals surface area (Å²) in [7, 11) is 3.14. The second kappa shape index (κ2) is 13.1. The van der Waals surface area contributed by atoms with Gasteiger partial charge in [-0.2, -0.15) is 0 Å². The van der Waals surface area contributed by atoms with E-state index in [1.807, 2.05) is 0 Å². The van der Waals surface area contributed by atoms with Gasteiger partial charge in [0.2, 0.25) is 0 Å². The van der Waals surface area contributed by atoms with Crippen molar-refractivity contribution in [2.24, 2.45) is 4.99 Å². The van der Waals surface area contributed by atoms with Crippen LogP contribution in [0.3, 0.4) is 0 Å². The molecule has 39 heavy (non-hydrogen) atoms. The first-order valence-corrected chi connectivity index (χ1v) is 13.8. The first-order chi connectivity index (χ1) is 18.8. The van der Waals surface area contributed by atoms with Gasteiger partial charge < -0.3 is 23.8 Å². The lowest BCUT2D eigenvalue weighted by Gasteiger charge is -2.26. The maximum Gasteiger partial charge on any atom is 0.344 e. The van der Waals surface area contributed by atoms with Gasteiger partial charge >= 0.3 is 5.97 Å². The molecule has 0 bridgehead atoms. The van der Waals surface area contributed by atoms with Crippen molar-refractivity contribution >= 4 is 62.4 Å². The molecule has 0 atom stereocenters. The fourth-order valence-electron chi connectivity index (χ4n) is 3.87. The number of carbonyl (C=O) groups is 3. The van der Waals surface area contributed by atoms with E-state index in [9.17, 15) is 14.4 Å². The number of ether oxygens (including phenoxy) is 4. The molecule has 2 aromatic carbocycles. The number of esters is 1. The minimum absolute atomic E-state index is 0.0707. The van der Waals surface area contributed by atoms with Gasteiger partial charge in [-0.15, -0.1) is 0 Å². The Kier molecular flexibility index (Phi) is 9.65. The van der Waals surface area contributed by atoms with E-state index in [0.717, 1.165) is 0 Å². The molecule has 2 aliphatic rings. The van der Waals surface area contributed by atoms with E-state index < -0.39 is 5.97 Å². The highest BCUT2D eigenvalue weighted by molar-refractivity contribution is 9.10. The highest BCUT2D eigenvalue weighted by Gasteiger charge is 2.31. The molecule has 2 aromatic rings. The van der Waals surface area contributed by atoms with Gasteiger partial charge in [0.1, 0.15) is 0 Å². The fourth-order valence-corrected chi connectivity index (χ4v) is 5.43. The van der Waals surface area contributed by atoms with Crippen LogP contribution in [0, 0.1) is 0 Å². The number of hydrogen-bond donors (Lipinski definition) is 0. The molecule has 206 valence electrons. The number of aliphatic imine (C=N–C) groups is 1. The number of amidine groups is 1. The third kappa shape index (κ3) is 7.00. The van der Waals surface area contributed by atoms with Crippen LogP contribution in [0.15, 0.2) is 50.8 Å². The summed E-state index contributed by atoms with van der Waals surface area (Å²) in [4.78, 5) is 45.9. The molecule has 2 heterocycles. The highest BCUT2D eigenvalue weighted by Crippen LogP contribution is 2.39. The summed E-state index contributed by atoms with van der Waals surface area (Å²) in [5.74, 6) is -0.0314. The van der Waals surface area contributed by atoms with Crippen LogP contribution < -0.4 is 9.47 Å². The summed E-state index contributed by atoms with van der Waals surface area (Å²) in [5, 5.41) is 0.489. The zero-order valence-electron chi connectivity index (χ0n) is 21.8. The van der Waals surface area contributed by atoms with Crippen LogP contribution in [-0.2, 0) is 19.1 Å². The van der Waals surface area contributed by atoms with E-state index in [2.05, 4.69) is 20.9 Å². The molecule has 0 saturated carbocycles. The number of likely N-dealkylation sites (N-methyl/N-ethyl adjacent to an activating group) is 1. The molecule has 0 radical (unpaired) electrons. The third-order valence-corrected chi connectivity index (χ3v) is 7.46. The summed E-state index contributed by atoms with van der Waals surface area (Å²) in [5.41, 5.74) is 1.80. The topological polar surface area (TPSA) is 107 Å². The minimum atomic E-state index is -0.489. The summed E-state index contributed by atoms with van der Waals surface area (Å²) in [6.45, 7) is 3.88. The highest BCUT2D eigenvalue weighted by atomic mass is 79.9. The molecule has 12 heteroatoms. The molecule has 10 nitrogen and oxygen atoms in total. The quantitative estimate of drug-likeness (QED) is 0.322. The summed E-state index contributed by atoms with van der Waals surface area (Å²) < 4.78 is 21.8. The van der Waals surface area contributed by atoms with Gasteiger partial charge in [0.05, 0.1) is 42.0 Å². The Hall–Kier alpha value is -3.35. The Balaban J connectivity index is 1.53.